The maximum atomic E-state index is 14.4. The standard InChI is InChI=1S/C31H34BrF2N5O2/c1-15-18(22-14-36-29(41-31(6,7)8)39-28(22)40-30(3,4)5)12-21-25(37-15)16(2)38-26(21)20-13-19(20)24(27(33)34)17-9-10-35-23(32)11-17/h9-12,14,19-20,24,27H,1,13H2,2-8H3/p+1/t19?,20?,24-/m0/s1. The first-order valence-electron chi connectivity index (χ1n) is 13.6. The van der Waals surface area contributed by atoms with Crippen LogP contribution in [-0.2, 0) is 0 Å². The number of rotatable bonds is 7. The van der Waals surface area contributed by atoms with Gasteiger partial charge in [0, 0.05) is 36.5 Å². The molecule has 216 valence electrons. The van der Waals surface area contributed by atoms with Gasteiger partial charge in [-0.25, -0.2) is 18.7 Å². The second-order valence-corrected chi connectivity index (χ2v) is 13.4. The molecule has 0 aromatic carbocycles. The van der Waals surface area contributed by atoms with Crippen LogP contribution >= 0.6 is 15.9 Å². The van der Waals surface area contributed by atoms with E-state index in [1.54, 1.807) is 24.5 Å². The first-order valence-corrected chi connectivity index (χ1v) is 14.4. The van der Waals surface area contributed by atoms with Crippen molar-refractivity contribution in [3.63, 3.8) is 0 Å². The molecule has 0 amide bonds. The quantitative estimate of drug-likeness (QED) is 0.282. The summed E-state index contributed by atoms with van der Waals surface area (Å²) in [6.45, 7) is 17.8. The average molecular weight is 628 g/mol. The molecule has 2 unspecified atom stereocenters. The molecule has 2 aromatic rings. The van der Waals surface area contributed by atoms with Gasteiger partial charge in [0.15, 0.2) is 0 Å². The molecular formula is C31H35BrF2N5O2+. The number of hydrogen-bond donors (Lipinski definition) is 1. The van der Waals surface area contributed by atoms with Crippen molar-refractivity contribution in [1.29, 1.82) is 0 Å². The third kappa shape index (κ3) is 6.28. The Morgan fingerprint density at radius 1 is 1.12 bits per heavy atom. The van der Waals surface area contributed by atoms with Crippen LogP contribution in [0.5, 0.6) is 11.9 Å². The molecule has 1 aliphatic carbocycles. The van der Waals surface area contributed by atoms with Crippen LogP contribution < -0.4 is 19.5 Å². The first-order chi connectivity index (χ1) is 19.1. The van der Waals surface area contributed by atoms with Crippen molar-refractivity contribution in [1.82, 2.24) is 24.9 Å². The summed E-state index contributed by atoms with van der Waals surface area (Å²) in [5, 5.41) is 3.40. The maximum absolute atomic E-state index is 14.4. The summed E-state index contributed by atoms with van der Waals surface area (Å²) in [7, 11) is 0. The SMILES string of the molecule is C=C1NC2=C(C=C1c1cnc(OC(C)(C)C)nc1OC(C)(C)C)C(C1CC1[C@H](c1ccnc(Br)c1)C(F)F)=[N+]=C2C. The highest BCUT2D eigenvalue weighted by molar-refractivity contribution is 9.10. The molecule has 3 aliphatic rings. The van der Waals surface area contributed by atoms with Crippen molar-refractivity contribution in [2.45, 2.75) is 78.4 Å². The van der Waals surface area contributed by atoms with Crippen molar-refractivity contribution in [2.75, 3.05) is 0 Å². The van der Waals surface area contributed by atoms with Crippen molar-refractivity contribution in [3.05, 3.63) is 69.9 Å². The lowest BCUT2D eigenvalue weighted by molar-refractivity contribution is 0.102. The zero-order valence-corrected chi connectivity index (χ0v) is 25.9. The van der Waals surface area contributed by atoms with Crippen LogP contribution in [0.3, 0.4) is 0 Å². The number of hydrogen-bond acceptors (Lipinski definition) is 6. The molecule has 7 nitrogen and oxygen atoms in total. The van der Waals surface area contributed by atoms with Crippen molar-refractivity contribution in [2.24, 2.45) is 11.8 Å². The summed E-state index contributed by atoms with van der Waals surface area (Å²) in [5.41, 5.74) is 4.92. The highest BCUT2D eigenvalue weighted by Gasteiger charge is 2.56. The number of aromatic nitrogens is 3. The first kappa shape index (κ1) is 29.1. The van der Waals surface area contributed by atoms with Crippen LogP contribution in [-0.4, -0.2) is 44.0 Å². The Labute approximate surface area is 247 Å². The van der Waals surface area contributed by atoms with E-state index in [0.717, 1.165) is 28.3 Å². The lowest BCUT2D eigenvalue weighted by atomic mass is 9.90. The fourth-order valence-corrected chi connectivity index (χ4v) is 5.64. The van der Waals surface area contributed by atoms with Gasteiger partial charge in [-0.15, -0.1) is 0 Å². The van der Waals surface area contributed by atoms with Gasteiger partial charge in [-0.05, 0) is 93.6 Å². The monoisotopic (exact) mass is 626 g/mol. The van der Waals surface area contributed by atoms with Gasteiger partial charge in [0.1, 0.15) is 21.5 Å². The Kier molecular flexibility index (Phi) is 7.45. The number of alkyl halides is 2. The van der Waals surface area contributed by atoms with Gasteiger partial charge in [-0.1, -0.05) is 11.2 Å². The molecule has 1 N–H and O–H groups in total. The van der Waals surface area contributed by atoms with Crippen LogP contribution in [0.25, 0.3) is 5.57 Å². The third-order valence-electron chi connectivity index (χ3n) is 6.97. The zero-order chi connectivity index (χ0) is 29.9. The molecular weight excluding hydrogens is 592 g/mol. The van der Waals surface area contributed by atoms with E-state index in [1.165, 1.54) is 0 Å². The lowest BCUT2D eigenvalue weighted by Gasteiger charge is -2.26. The van der Waals surface area contributed by atoms with Crippen LogP contribution in [0.1, 0.15) is 71.9 Å². The number of nitrogens with zero attached hydrogens (tertiary/aromatic N) is 4. The molecule has 2 aromatic heterocycles. The number of pyridine rings is 1. The molecule has 0 bridgehead atoms. The Morgan fingerprint density at radius 2 is 1.83 bits per heavy atom. The summed E-state index contributed by atoms with van der Waals surface area (Å²) < 4.78 is 46.3. The molecule has 3 atom stereocenters. The predicted molar refractivity (Wildman–Crippen MR) is 160 cm³/mol. The fraction of sp³-hybridized carbons (Fsp3) is 0.452. The van der Waals surface area contributed by atoms with Crippen LogP contribution in [0.15, 0.2) is 58.8 Å². The number of nitrogens with one attached hydrogen (secondary N) is 1. The van der Waals surface area contributed by atoms with Gasteiger partial charge in [-0.3, -0.25) is 0 Å². The smallest absolute Gasteiger partial charge is 0.325 e. The third-order valence-corrected chi connectivity index (χ3v) is 7.40. The van der Waals surface area contributed by atoms with Gasteiger partial charge < -0.3 is 14.8 Å². The molecule has 10 heteroatoms. The Morgan fingerprint density at radius 3 is 2.46 bits per heavy atom. The topological polar surface area (TPSA) is 83.3 Å². The van der Waals surface area contributed by atoms with Gasteiger partial charge in [0.2, 0.25) is 12.3 Å². The van der Waals surface area contributed by atoms with E-state index in [2.05, 4.69) is 42.8 Å². The van der Waals surface area contributed by atoms with Gasteiger partial charge >= 0.3 is 17.4 Å². The predicted octanol–water partition coefficient (Wildman–Crippen LogP) is 6.41. The Bertz CT molecular complexity index is 1540. The van der Waals surface area contributed by atoms with Gasteiger partial charge in [-0.2, -0.15) is 4.98 Å². The zero-order valence-electron chi connectivity index (χ0n) is 24.3. The molecule has 0 radical (unpaired) electrons. The summed E-state index contributed by atoms with van der Waals surface area (Å²) in [6, 6.07) is 3.56. The number of halogens is 3. The highest BCUT2D eigenvalue weighted by atomic mass is 79.9. The molecule has 1 fully saturated rings. The van der Waals surface area contributed by atoms with Crippen molar-refractivity contribution >= 4 is 32.9 Å². The normalized spacial score (nSPS) is 21.1. The number of allylic oxidation sites excluding steroid dienone is 4. The van der Waals surface area contributed by atoms with Crippen molar-refractivity contribution in [3.8, 4) is 11.9 Å². The lowest BCUT2D eigenvalue weighted by Crippen LogP contribution is -2.28. The minimum absolute atomic E-state index is 0.0989. The Hall–Kier alpha value is -3.36. The van der Waals surface area contributed by atoms with Gasteiger partial charge in [0.05, 0.1) is 17.1 Å². The molecule has 0 spiro atoms. The van der Waals surface area contributed by atoms with Crippen LogP contribution in [0.4, 0.5) is 8.78 Å². The highest BCUT2D eigenvalue weighted by Crippen LogP contribution is 2.53. The molecule has 41 heavy (non-hydrogen) atoms. The van der Waals surface area contributed by atoms with E-state index in [0.29, 0.717) is 33.7 Å². The molecule has 0 saturated heterocycles. The average Bonchev–Trinajstić information content (AvgIpc) is 3.53. The Balaban J connectivity index is 1.50. The fourth-order valence-electron chi connectivity index (χ4n) is 5.25. The molecule has 1 saturated carbocycles. The summed E-state index contributed by atoms with van der Waals surface area (Å²) in [5.74, 6) is -0.871. The van der Waals surface area contributed by atoms with Gasteiger partial charge in [0.25, 0.3) is 0 Å². The summed E-state index contributed by atoms with van der Waals surface area (Å²) in [4.78, 5) is 13.2. The summed E-state index contributed by atoms with van der Waals surface area (Å²) in [6.07, 6.45) is 3.36. The second kappa shape index (κ2) is 10.5. The van der Waals surface area contributed by atoms with E-state index in [4.69, 9.17) is 14.1 Å². The summed E-state index contributed by atoms with van der Waals surface area (Å²) >= 11 is 3.32. The molecule has 4 heterocycles. The van der Waals surface area contributed by atoms with E-state index in [9.17, 15) is 8.78 Å². The van der Waals surface area contributed by atoms with E-state index in [-0.39, 0.29) is 17.8 Å². The minimum atomic E-state index is -2.50. The number of ether oxygens (including phenoxy) is 2. The number of dihydropyridines is 1. The van der Waals surface area contributed by atoms with Crippen molar-refractivity contribution < 1.29 is 18.3 Å². The van der Waals surface area contributed by atoms with E-state index < -0.39 is 23.5 Å². The maximum Gasteiger partial charge on any atom is 0.325 e. The molecule has 2 aliphatic heterocycles. The largest absolute Gasteiger partial charge is 0.471 e. The molecule has 5 rings (SSSR count). The minimum Gasteiger partial charge on any atom is -0.471 e. The van der Waals surface area contributed by atoms with Crippen LogP contribution in [0, 0.1) is 11.8 Å². The van der Waals surface area contributed by atoms with E-state index >= 15 is 0 Å². The van der Waals surface area contributed by atoms with E-state index in [1.807, 2.05) is 54.5 Å². The van der Waals surface area contributed by atoms with Crippen LogP contribution in [0.2, 0.25) is 0 Å². The second-order valence-electron chi connectivity index (χ2n) is 12.6.